The zero-order chi connectivity index (χ0) is 20.0. The molecule has 0 saturated heterocycles. The van der Waals surface area contributed by atoms with E-state index in [0.29, 0.717) is 16.0 Å². The number of hydrogen-bond acceptors (Lipinski definition) is 3. The van der Waals surface area contributed by atoms with Gasteiger partial charge in [0.1, 0.15) is 11.3 Å². The third-order valence-electron chi connectivity index (χ3n) is 5.90. The highest BCUT2D eigenvalue weighted by molar-refractivity contribution is 6.42. The number of fused-ring (bicyclic) bond motifs is 3. The molecule has 29 heavy (non-hydrogen) atoms. The number of nitrogens with one attached hydrogen (secondary N) is 1. The van der Waals surface area contributed by atoms with Crippen LogP contribution in [0.1, 0.15) is 43.8 Å². The molecule has 2 aromatic heterocycles. The van der Waals surface area contributed by atoms with Crippen molar-refractivity contribution in [3.8, 4) is 0 Å². The largest absolute Gasteiger partial charge is 0.338 e. The molecular weight excluding hydrogens is 403 g/mol. The van der Waals surface area contributed by atoms with Crippen molar-refractivity contribution in [1.82, 2.24) is 14.5 Å². The zero-order valence-corrected chi connectivity index (χ0v) is 17.8. The first-order valence-electron chi connectivity index (χ1n) is 10.1. The average Bonchev–Trinajstić information content (AvgIpc) is 3.09. The molecule has 0 amide bonds. The molecule has 4 aromatic rings. The van der Waals surface area contributed by atoms with Crippen LogP contribution in [0.25, 0.3) is 21.9 Å². The smallest absolute Gasteiger partial charge is 0.159 e. The van der Waals surface area contributed by atoms with Gasteiger partial charge in [0.25, 0.3) is 0 Å². The van der Waals surface area contributed by atoms with Crippen molar-refractivity contribution in [1.29, 1.82) is 0 Å². The van der Waals surface area contributed by atoms with Gasteiger partial charge in [0.15, 0.2) is 5.82 Å². The lowest BCUT2D eigenvalue weighted by Crippen LogP contribution is -2.10. The Morgan fingerprint density at radius 3 is 2.55 bits per heavy atom. The summed E-state index contributed by atoms with van der Waals surface area (Å²) in [6.07, 6.45) is 6.30. The van der Waals surface area contributed by atoms with Gasteiger partial charge in [0, 0.05) is 24.0 Å². The van der Waals surface area contributed by atoms with Crippen LogP contribution in [0.4, 0.5) is 11.5 Å². The van der Waals surface area contributed by atoms with E-state index < -0.39 is 0 Å². The van der Waals surface area contributed by atoms with Crippen LogP contribution >= 0.6 is 23.2 Å². The lowest BCUT2D eigenvalue weighted by atomic mass is 9.89. The summed E-state index contributed by atoms with van der Waals surface area (Å²) in [6, 6.07) is 13.8. The van der Waals surface area contributed by atoms with Crippen molar-refractivity contribution >= 4 is 56.6 Å². The molecule has 6 heteroatoms. The van der Waals surface area contributed by atoms with Gasteiger partial charge in [-0.3, -0.25) is 0 Å². The number of aromatic nitrogens is 3. The summed E-state index contributed by atoms with van der Waals surface area (Å²) in [7, 11) is 2.13. The first kappa shape index (κ1) is 18.7. The third kappa shape index (κ3) is 3.34. The lowest BCUT2D eigenvalue weighted by molar-refractivity contribution is 0.423. The molecule has 148 valence electrons. The Balaban J connectivity index is 1.70. The van der Waals surface area contributed by atoms with Crippen molar-refractivity contribution in [2.24, 2.45) is 7.05 Å². The van der Waals surface area contributed by atoms with E-state index in [4.69, 9.17) is 33.2 Å². The van der Waals surface area contributed by atoms with Gasteiger partial charge >= 0.3 is 0 Å². The molecule has 0 aliphatic heterocycles. The van der Waals surface area contributed by atoms with Crippen LogP contribution in [0.3, 0.4) is 0 Å². The number of benzene rings is 2. The van der Waals surface area contributed by atoms with E-state index in [1.54, 1.807) is 6.07 Å². The molecule has 1 fully saturated rings. The summed E-state index contributed by atoms with van der Waals surface area (Å²) < 4.78 is 2.27. The average molecular weight is 425 g/mol. The maximum atomic E-state index is 6.21. The van der Waals surface area contributed by atoms with E-state index in [0.717, 1.165) is 39.3 Å². The van der Waals surface area contributed by atoms with Gasteiger partial charge in [-0.05, 0) is 37.1 Å². The lowest BCUT2D eigenvalue weighted by Gasteiger charge is -2.21. The second-order valence-electron chi connectivity index (χ2n) is 7.79. The molecule has 2 heterocycles. The number of anilines is 2. The molecule has 0 unspecified atom stereocenters. The van der Waals surface area contributed by atoms with Gasteiger partial charge in [0.2, 0.25) is 0 Å². The molecule has 1 aliphatic carbocycles. The Hall–Kier alpha value is -2.30. The molecular formula is C23H22Cl2N4. The number of halogens is 2. The highest BCUT2D eigenvalue weighted by atomic mass is 35.5. The maximum absolute atomic E-state index is 6.21. The standard InChI is InChI=1S/C23H22Cl2N4/c1-29-21-16-9-5-6-10-19(16)27-22(26-15-11-12-17(24)18(25)13-15)20(21)28-23(29)14-7-3-2-4-8-14/h5-6,9-14H,2-4,7-8H2,1H3,(H,26,27). The number of imidazole rings is 1. The Morgan fingerprint density at radius 1 is 0.966 bits per heavy atom. The number of aryl methyl sites for hydroxylation is 1. The van der Waals surface area contributed by atoms with E-state index in [2.05, 4.69) is 29.1 Å². The minimum atomic E-state index is 0.512. The van der Waals surface area contributed by atoms with E-state index in [1.165, 1.54) is 32.1 Å². The zero-order valence-electron chi connectivity index (χ0n) is 16.3. The van der Waals surface area contributed by atoms with Gasteiger partial charge in [-0.15, -0.1) is 0 Å². The SMILES string of the molecule is Cn1c(C2CCCCC2)nc2c(Nc3ccc(Cl)c(Cl)c3)nc3ccccc3c21. The molecule has 1 saturated carbocycles. The normalized spacial score (nSPS) is 15.3. The fourth-order valence-corrected chi connectivity index (χ4v) is 4.76. The first-order chi connectivity index (χ1) is 14.1. The molecule has 0 bridgehead atoms. The third-order valence-corrected chi connectivity index (χ3v) is 6.64. The number of rotatable bonds is 3. The molecule has 5 rings (SSSR count). The monoisotopic (exact) mass is 424 g/mol. The van der Waals surface area contributed by atoms with Crippen LogP contribution in [-0.4, -0.2) is 14.5 Å². The van der Waals surface area contributed by atoms with Gasteiger partial charge in [-0.1, -0.05) is 60.7 Å². The summed E-state index contributed by atoms with van der Waals surface area (Å²) in [4.78, 5) is 9.99. The van der Waals surface area contributed by atoms with E-state index in [1.807, 2.05) is 24.3 Å². The molecule has 1 aliphatic rings. The fourth-order valence-electron chi connectivity index (χ4n) is 4.46. The summed E-state index contributed by atoms with van der Waals surface area (Å²) in [5.74, 6) is 2.42. The first-order valence-corrected chi connectivity index (χ1v) is 10.8. The molecule has 0 spiro atoms. The highest BCUT2D eigenvalue weighted by Crippen LogP contribution is 2.37. The summed E-state index contributed by atoms with van der Waals surface area (Å²) in [5.41, 5.74) is 3.81. The number of hydrogen-bond donors (Lipinski definition) is 1. The quantitative estimate of drug-likeness (QED) is 0.377. The van der Waals surface area contributed by atoms with Crippen molar-refractivity contribution in [3.05, 3.63) is 58.3 Å². The van der Waals surface area contributed by atoms with Crippen molar-refractivity contribution in [2.45, 2.75) is 38.0 Å². The van der Waals surface area contributed by atoms with E-state index in [9.17, 15) is 0 Å². The van der Waals surface area contributed by atoms with Crippen LogP contribution < -0.4 is 5.32 Å². The Morgan fingerprint density at radius 2 is 1.76 bits per heavy atom. The van der Waals surface area contributed by atoms with Crippen molar-refractivity contribution in [2.75, 3.05) is 5.32 Å². The van der Waals surface area contributed by atoms with Crippen molar-refractivity contribution < 1.29 is 0 Å². The second-order valence-corrected chi connectivity index (χ2v) is 8.61. The molecule has 2 aromatic carbocycles. The highest BCUT2D eigenvalue weighted by Gasteiger charge is 2.24. The summed E-state index contributed by atoms with van der Waals surface area (Å²) in [6.45, 7) is 0. The number of pyridine rings is 1. The number of para-hydroxylation sites is 1. The minimum absolute atomic E-state index is 0.512. The van der Waals surface area contributed by atoms with Gasteiger partial charge in [0.05, 0.1) is 21.1 Å². The van der Waals surface area contributed by atoms with Gasteiger partial charge in [-0.2, -0.15) is 0 Å². The summed E-state index contributed by atoms with van der Waals surface area (Å²) in [5, 5.41) is 5.59. The van der Waals surface area contributed by atoms with Gasteiger partial charge in [-0.25, -0.2) is 9.97 Å². The van der Waals surface area contributed by atoms with Crippen LogP contribution in [0.2, 0.25) is 10.0 Å². The topological polar surface area (TPSA) is 42.7 Å². The molecule has 0 atom stereocenters. The predicted octanol–water partition coefficient (Wildman–Crippen LogP) is 7.22. The second kappa shape index (κ2) is 7.51. The Labute approximate surface area is 179 Å². The van der Waals surface area contributed by atoms with Crippen LogP contribution in [0.5, 0.6) is 0 Å². The molecule has 0 radical (unpaired) electrons. The fraction of sp³-hybridized carbons (Fsp3) is 0.304. The number of nitrogens with zero attached hydrogens (tertiary/aromatic N) is 3. The van der Waals surface area contributed by atoms with Crippen LogP contribution in [0.15, 0.2) is 42.5 Å². The molecule has 1 N–H and O–H groups in total. The predicted molar refractivity (Wildman–Crippen MR) is 122 cm³/mol. The summed E-state index contributed by atoms with van der Waals surface area (Å²) >= 11 is 12.3. The Bertz CT molecular complexity index is 1210. The molecule has 4 nitrogen and oxygen atoms in total. The van der Waals surface area contributed by atoms with E-state index in [-0.39, 0.29) is 0 Å². The van der Waals surface area contributed by atoms with Crippen LogP contribution in [0, 0.1) is 0 Å². The Kier molecular flexibility index (Phi) is 4.84. The van der Waals surface area contributed by atoms with Crippen LogP contribution in [-0.2, 0) is 7.05 Å². The minimum Gasteiger partial charge on any atom is -0.338 e. The van der Waals surface area contributed by atoms with Crippen molar-refractivity contribution in [3.63, 3.8) is 0 Å². The maximum Gasteiger partial charge on any atom is 0.159 e. The van der Waals surface area contributed by atoms with E-state index >= 15 is 0 Å². The van der Waals surface area contributed by atoms with Gasteiger partial charge < -0.3 is 9.88 Å².